The SMILES string of the molecule is COc1cccc(C2(CCC(C)C)CNC2=O)c1. The zero-order chi connectivity index (χ0) is 13.2. The van der Waals surface area contributed by atoms with Crippen LogP contribution in [0.25, 0.3) is 0 Å². The van der Waals surface area contributed by atoms with E-state index >= 15 is 0 Å². The van der Waals surface area contributed by atoms with Gasteiger partial charge in [0, 0.05) is 6.54 Å². The monoisotopic (exact) mass is 247 g/mol. The van der Waals surface area contributed by atoms with Gasteiger partial charge in [0.15, 0.2) is 0 Å². The Kier molecular flexibility index (Phi) is 3.60. The number of carbonyl (C=O) groups is 1. The van der Waals surface area contributed by atoms with Gasteiger partial charge >= 0.3 is 0 Å². The molecule has 1 saturated heterocycles. The molecule has 98 valence electrons. The van der Waals surface area contributed by atoms with E-state index < -0.39 is 0 Å². The van der Waals surface area contributed by atoms with Gasteiger partial charge < -0.3 is 10.1 Å². The first-order valence-electron chi connectivity index (χ1n) is 6.51. The highest BCUT2D eigenvalue weighted by Gasteiger charge is 2.47. The lowest BCUT2D eigenvalue weighted by Crippen LogP contribution is -2.62. The number of hydrogen-bond donors (Lipinski definition) is 1. The Hall–Kier alpha value is -1.51. The minimum absolute atomic E-state index is 0.149. The molecule has 1 heterocycles. The Bertz CT molecular complexity index is 442. The number of amides is 1. The highest BCUT2D eigenvalue weighted by atomic mass is 16.5. The molecule has 0 radical (unpaired) electrons. The smallest absolute Gasteiger partial charge is 0.232 e. The number of benzene rings is 1. The van der Waals surface area contributed by atoms with Crippen LogP contribution in [0.15, 0.2) is 24.3 Å². The van der Waals surface area contributed by atoms with Gasteiger partial charge in [-0.1, -0.05) is 26.0 Å². The predicted molar refractivity (Wildman–Crippen MR) is 71.8 cm³/mol. The molecule has 1 N–H and O–H groups in total. The van der Waals surface area contributed by atoms with Crippen LogP contribution in [0.5, 0.6) is 5.75 Å². The van der Waals surface area contributed by atoms with E-state index in [9.17, 15) is 4.79 Å². The molecular weight excluding hydrogens is 226 g/mol. The van der Waals surface area contributed by atoms with Crippen LogP contribution in [0.1, 0.15) is 32.3 Å². The molecule has 2 rings (SSSR count). The van der Waals surface area contributed by atoms with Gasteiger partial charge in [0.2, 0.25) is 5.91 Å². The average Bonchev–Trinajstić information content (AvgIpc) is 2.37. The third-order valence-corrected chi connectivity index (χ3v) is 3.76. The summed E-state index contributed by atoms with van der Waals surface area (Å²) in [5.41, 5.74) is 0.741. The molecule has 0 aromatic heterocycles. The number of β-lactam (4-membered cyclic amide) rings is 1. The standard InChI is InChI=1S/C15H21NO2/c1-11(2)7-8-15(10-16-14(15)17)12-5-4-6-13(9-12)18-3/h4-6,9,11H,7-8,10H2,1-3H3,(H,16,17). The second kappa shape index (κ2) is 5.01. The summed E-state index contributed by atoms with van der Waals surface area (Å²) in [6.07, 6.45) is 1.97. The predicted octanol–water partition coefficient (Wildman–Crippen LogP) is 2.50. The van der Waals surface area contributed by atoms with E-state index in [1.807, 2.05) is 24.3 Å². The Morgan fingerprint density at radius 3 is 2.72 bits per heavy atom. The molecule has 1 amide bonds. The van der Waals surface area contributed by atoms with Crippen LogP contribution < -0.4 is 10.1 Å². The summed E-state index contributed by atoms with van der Waals surface area (Å²) in [7, 11) is 1.65. The average molecular weight is 247 g/mol. The van der Waals surface area contributed by atoms with Crippen LogP contribution in [0, 0.1) is 5.92 Å². The molecule has 0 spiro atoms. The lowest BCUT2D eigenvalue weighted by atomic mass is 9.70. The van der Waals surface area contributed by atoms with Gasteiger partial charge in [-0.15, -0.1) is 0 Å². The van der Waals surface area contributed by atoms with Crippen LogP contribution in [0.2, 0.25) is 0 Å². The molecule has 18 heavy (non-hydrogen) atoms. The van der Waals surface area contributed by atoms with Crippen molar-refractivity contribution in [1.82, 2.24) is 5.32 Å². The van der Waals surface area contributed by atoms with Crippen molar-refractivity contribution in [3.63, 3.8) is 0 Å². The van der Waals surface area contributed by atoms with Crippen LogP contribution >= 0.6 is 0 Å². The summed E-state index contributed by atoms with van der Waals surface area (Å²) in [5.74, 6) is 1.58. The van der Waals surface area contributed by atoms with Crippen molar-refractivity contribution in [3.05, 3.63) is 29.8 Å². The van der Waals surface area contributed by atoms with E-state index in [0.717, 1.165) is 30.7 Å². The van der Waals surface area contributed by atoms with Crippen LogP contribution in [0.4, 0.5) is 0 Å². The van der Waals surface area contributed by atoms with Gasteiger partial charge in [-0.3, -0.25) is 4.79 Å². The largest absolute Gasteiger partial charge is 0.497 e. The van der Waals surface area contributed by atoms with Gasteiger partial charge in [-0.05, 0) is 36.5 Å². The zero-order valence-corrected chi connectivity index (χ0v) is 11.3. The van der Waals surface area contributed by atoms with Gasteiger partial charge in [0.05, 0.1) is 12.5 Å². The maximum absolute atomic E-state index is 12.0. The number of rotatable bonds is 5. The zero-order valence-electron chi connectivity index (χ0n) is 11.3. The minimum Gasteiger partial charge on any atom is -0.497 e. The van der Waals surface area contributed by atoms with Crippen molar-refractivity contribution in [2.75, 3.05) is 13.7 Å². The fraction of sp³-hybridized carbons (Fsp3) is 0.533. The van der Waals surface area contributed by atoms with E-state index in [2.05, 4.69) is 19.2 Å². The van der Waals surface area contributed by atoms with E-state index in [1.165, 1.54) is 0 Å². The summed E-state index contributed by atoms with van der Waals surface area (Å²) < 4.78 is 5.25. The Morgan fingerprint density at radius 2 is 2.22 bits per heavy atom. The molecule has 1 aliphatic heterocycles. The van der Waals surface area contributed by atoms with Gasteiger partial charge in [0.25, 0.3) is 0 Å². The Morgan fingerprint density at radius 1 is 1.44 bits per heavy atom. The van der Waals surface area contributed by atoms with E-state index in [1.54, 1.807) is 7.11 Å². The summed E-state index contributed by atoms with van der Waals surface area (Å²) >= 11 is 0. The van der Waals surface area contributed by atoms with E-state index in [4.69, 9.17) is 4.74 Å². The van der Waals surface area contributed by atoms with Crippen LogP contribution in [-0.4, -0.2) is 19.6 Å². The molecule has 1 aromatic carbocycles. The summed E-state index contributed by atoms with van der Waals surface area (Å²) in [5, 5.41) is 2.88. The lowest BCUT2D eigenvalue weighted by Gasteiger charge is -2.42. The summed E-state index contributed by atoms with van der Waals surface area (Å²) in [4.78, 5) is 12.0. The van der Waals surface area contributed by atoms with Gasteiger partial charge in [0.1, 0.15) is 5.75 Å². The molecule has 1 aliphatic rings. The summed E-state index contributed by atoms with van der Waals surface area (Å²) in [6.45, 7) is 5.12. The second-order valence-corrected chi connectivity index (χ2v) is 5.43. The number of hydrogen-bond acceptors (Lipinski definition) is 2. The van der Waals surface area contributed by atoms with Crippen molar-refractivity contribution in [1.29, 1.82) is 0 Å². The fourth-order valence-corrected chi connectivity index (χ4v) is 2.41. The second-order valence-electron chi connectivity index (χ2n) is 5.43. The fourth-order valence-electron chi connectivity index (χ4n) is 2.41. The molecule has 1 fully saturated rings. The highest BCUT2D eigenvalue weighted by Crippen LogP contribution is 2.37. The molecule has 0 aliphatic carbocycles. The molecule has 0 bridgehead atoms. The van der Waals surface area contributed by atoms with E-state index in [-0.39, 0.29) is 11.3 Å². The number of carbonyl (C=O) groups excluding carboxylic acids is 1. The number of methoxy groups -OCH3 is 1. The maximum atomic E-state index is 12.0. The molecular formula is C15H21NO2. The topological polar surface area (TPSA) is 38.3 Å². The van der Waals surface area contributed by atoms with Crippen molar-refractivity contribution in [3.8, 4) is 5.75 Å². The molecule has 1 atom stereocenters. The van der Waals surface area contributed by atoms with Gasteiger partial charge in [-0.25, -0.2) is 0 Å². The molecule has 0 saturated carbocycles. The Labute approximate surface area is 109 Å². The first-order valence-corrected chi connectivity index (χ1v) is 6.51. The minimum atomic E-state index is -0.335. The van der Waals surface area contributed by atoms with Crippen molar-refractivity contribution in [2.24, 2.45) is 5.92 Å². The van der Waals surface area contributed by atoms with Crippen LogP contribution in [-0.2, 0) is 10.2 Å². The number of ether oxygens (including phenoxy) is 1. The molecule has 3 heteroatoms. The lowest BCUT2D eigenvalue weighted by molar-refractivity contribution is -0.134. The quantitative estimate of drug-likeness (QED) is 0.812. The summed E-state index contributed by atoms with van der Waals surface area (Å²) in [6, 6.07) is 7.88. The first kappa shape index (κ1) is 12.9. The first-order chi connectivity index (χ1) is 8.58. The van der Waals surface area contributed by atoms with Crippen LogP contribution in [0.3, 0.4) is 0 Å². The van der Waals surface area contributed by atoms with Crippen molar-refractivity contribution in [2.45, 2.75) is 32.1 Å². The van der Waals surface area contributed by atoms with Gasteiger partial charge in [-0.2, -0.15) is 0 Å². The van der Waals surface area contributed by atoms with Crippen molar-refractivity contribution < 1.29 is 9.53 Å². The van der Waals surface area contributed by atoms with Crippen molar-refractivity contribution >= 4 is 5.91 Å². The highest BCUT2D eigenvalue weighted by molar-refractivity contribution is 5.94. The maximum Gasteiger partial charge on any atom is 0.232 e. The normalized spacial score (nSPS) is 22.6. The third kappa shape index (κ3) is 2.22. The Balaban J connectivity index is 2.26. The third-order valence-electron chi connectivity index (χ3n) is 3.76. The van der Waals surface area contributed by atoms with E-state index in [0.29, 0.717) is 5.92 Å². The molecule has 3 nitrogen and oxygen atoms in total. The molecule has 1 aromatic rings. The molecule has 1 unspecified atom stereocenters. The number of nitrogens with one attached hydrogen (secondary N) is 1.